The molecule has 0 saturated heterocycles. The van der Waals surface area contributed by atoms with E-state index in [-0.39, 0.29) is 5.92 Å². The van der Waals surface area contributed by atoms with Crippen LogP contribution < -0.4 is 0 Å². The highest BCUT2D eigenvalue weighted by Gasteiger charge is 2.33. The highest BCUT2D eigenvalue weighted by molar-refractivity contribution is 5.80. The summed E-state index contributed by atoms with van der Waals surface area (Å²) in [6.45, 7) is 4.50. The fourth-order valence-electron chi connectivity index (χ4n) is 3.52. The Morgan fingerprint density at radius 2 is 2.30 bits per heavy atom. The third-order valence-corrected chi connectivity index (χ3v) is 5.01. The van der Waals surface area contributed by atoms with Gasteiger partial charge in [-0.15, -0.1) is 0 Å². The van der Waals surface area contributed by atoms with Crippen LogP contribution in [0.4, 0.5) is 0 Å². The summed E-state index contributed by atoms with van der Waals surface area (Å²) in [7, 11) is 0. The van der Waals surface area contributed by atoms with Crippen LogP contribution >= 0.6 is 0 Å². The zero-order valence-electron chi connectivity index (χ0n) is 13.5. The minimum absolute atomic E-state index is 0.248. The predicted molar refractivity (Wildman–Crippen MR) is 84.5 cm³/mol. The van der Waals surface area contributed by atoms with Crippen LogP contribution in [-0.2, 0) is 24.3 Å². The molecule has 1 aliphatic heterocycles. The van der Waals surface area contributed by atoms with Crippen LogP contribution in [0.5, 0.6) is 0 Å². The van der Waals surface area contributed by atoms with Gasteiger partial charge in [0, 0.05) is 43.2 Å². The van der Waals surface area contributed by atoms with Gasteiger partial charge in [-0.3, -0.25) is 9.48 Å². The number of oxazole rings is 1. The smallest absolute Gasteiger partial charge is 0.225 e. The van der Waals surface area contributed by atoms with E-state index in [0.29, 0.717) is 12.5 Å². The number of rotatable bonds is 4. The summed E-state index contributed by atoms with van der Waals surface area (Å²) in [6, 6.07) is 0. The molecule has 3 heterocycles. The zero-order valence-corrected chi connectivity index (χ0v) is 13.5. The van der Waals surface area contributed by atoms with E-state index in [1.54, 1.807) is 6.26 Å². The lowest BCUT2D eigenvalue weighted by Crippen LogP contribution is -2.42. The van der Waals surface area contributed by atoms with Crippen LogP contribution in [0.15, 0.2) is 17.1 Å². The molecule has 0 spiro atoms. The molecular formula is C17H22N4O2. The zero-order chi connectivity index (χ0) is 15.8. The van der Waals surface area contributed by atoms with Crippen molar-refractivity contribution in [2.24, 2.45) is 5.92 Å². The molecule has 0 N–H and O–H groups in total. The molecule has 6 heteroatoms. The monoisotopic (exact) mass is 314 g/mol. The van der Waals surface area contributed by atoms with Gasteiger partial charge < -0.3 is 9.32 Å². The maximum Gasteiger partial charge on any atom is 0.225 e. The van der Waals surface area contributed by atoms with Crippen molar-refractivity contribution < 1.29 is 9.21 Å². The number of nitrogens with zero attached hydrogens (tertiary/aromatic N) is 4. The molecule has 2 aromatic heterocycles. The lowest BCUT2D eigenvalue weighted by Gasteiger charge is -2.34. The van der Waals surface area contributed by atoms with Crippen LogP contribution in [0.2, 0.25) is 0 Å². The number of fused-ring (bicyclic) bond motifs is 1. The molecule has 2 aromatic rings. The van der Waals surface area contributed by atoms with Crippen molar-refractivity contribution in [2.45, 2.75) is 52.1 Å². The lowest BCUT2D eigenvalue weighted by molar-refractivity contribution is -0.139. The summed E-state index contributed by atoms with van der Waals surface area (Å²) in [6.07, 6.45) is 8.26. The fourth-order valence-corrected chi connectivity index (χ4v) is 3.52. The second-order valence-electron chi connectivity index (χ2n) is 6.51. The van der Waals surface area contributed by atoms with Gasteiger partial charge in [-0.1, -0.05) is 13.3 Å². The van der Waals surface area contributed by atoms with Gasteiger partial charge in [-0.05, 0) is 19.3 Å². The molecule has 23 heavy (non-hydrogen) atoms. The van der Waals surface area contributed by atoms with Crippen molar-refractivity contribution in [2.75, 3.05) is 6.54 Å². The summed E-state index contributed by atoms with van der Waals surface area (Å²) >= 11 is 0. The van der Waals surface area contributed by atoms with E-state index in [0.717, 1.165) is 55.7 Å². The first-order valence-electron chi connectivity index (χ1n) is 8.53. The van der Waals surface area contributed by atoms with Gasteiger partial charge >= 0.3 is 0 Å². The number of aryl methyl sites for hydroxylation is 1. The minimum atomic E-state index is 0.248. The number of carbonyl (C=O) groups excluding carboxylic acids is 1. The maximum absolute atomic E-state index is 12.6. The topological polar surface area (TPSA) is 64.2 Å². The molecule has 0 aromatic carbocycles. The van der Waals surface area contributed by atoms with Crippen molar-refractivity contribution in [3.05, 3.63) is 23.9 Å². The van der Waals surface area contributed by atoms with Gasteiger partial charge in [0.1, 0.15) is 17.7 Å². The molecule has 2 aliphatic rings. The Labute approximate surface area is 135 Å². The second kappa shape index (κ2) is 5.83. The number of hydrogen-bond acceptors (Lipinski definition) is 4. The average Bonchev–Trinajstić information content (AvgIpc) is 3.13. The Morgan fingerprint density at radius 3 is 2.96 bits per heavy atom. The quantitative estimate of drug-likeness (QED) is 0.870. The van der Waals surface area contributed by atoms with Crippen molar-refractivity contribution in [1.29, 1.82) is 0 Å². The SMILES string of the molecule is CCCn1nc(-c2cocn2)c2c1CCN(C(=O)C1CCC1)C2. The van der Waals surface area contributed by atoms with Gasteiger partial charge in [-0.2, -0.15) is 5.10 Å². The molecule has 0 radical (unpaired) electrons. The van der Waals surface area contributed by atoms with Gasteiger partial charge in [0.25, 0.3) is 0 Å². The van der Waals surface area contributed by atoms with Crippen LogP contribution in [0.1, 0.15) is 43.9 Å². The first-order valence-corrected chi connectivity index (χ1v) is 8.53. The van der Waals surface area contributed by atoms with Crippen molar-refractivity contribution >= 4 is 5.91 Å². The molecule has 1 aliphatic carbocycles. The first-order chi connectivity index (χ1) is 11.3. The molecule has 0 atom stereocenters. The summed E-state index contributed by atoms with van der Waals surface area (Å²) in [5.41, 5.74) is 4.02. The van der Waals surface area contributed by atoms with Crippen LogP contribution in [0.25, 0.3) is 11.4 Å². The van der Waals surface area contributed by atoms with Gasteiger partial charge in [-0.25, -0.2) is 4.98 Å². The summed E-state index contributed by atoms with van der Waals surface area (Å²) < 4.78 is 7.22. The number of amides is 1. The van der Waals surface area contributed by atoms with E-state index < -0.39 is 0 Å². The van der Waals surface area contributed by atoms with E-state index in [2.05, 4.69) is 16.6 Å². The highest BCUT2D eigenvalue weighted by Crippen LogP contribution is 2.33. The maximum atomic E-state index is 12.6. The molecule has 4 rings (SSSR count). The first kappa shape index (κ1) is 14.5. The van der Waals surface area contributed by atoms with E-state index in [9.17, 15) is 4.79 Å². The Kier molecular flexibility index (Phi) is 3.67. The Bertz CT molecular complexity index is 701. The third-order valence-electron chi connectivity index (χ3n) is 5.01. The summed E-state index contributed by atoms with van der Waals surface area (Å²) in [4.78, 5) is 18.8. The molecular weight excluding hydrogens is 292 g/mol. The lowest BCUT2D eigenvalue weighted by atomic mass is 9.84. The molecule has 1 fully saturated rings. The number of aromatic nitrogens is 3. The molecule has 122 valence electrons. The molecule has 0 bridgehead atoms. The fraction of sp³-hybridized carbons (Fsp3) is 0.588. The van der Waals surface area contributed by atoms with Gasteiger partial charge in [0.15, 0.2) is 6.39 Å². The summed E-state index contributed by atoms with van der Waals surface area (Å²) in [5, 5.41) is 4.75. The van der Waals surface area contributed by atoms with Crippen LogP contribution in [-0.4, -0.2) is 32.1 Å². The third kappa shape index (κ3) is 2.46. The van der Waals surface area contributed by atoms with Crippen molar-refractivity contribution in [3.8, 4) is 11.4 Å². The standard InChI is InChI=1S/C17H22N4O2/c1-2-7-21-15-6-8-20(17(22)12-4-3-5-12)9-13(15)16(19-21)14-10-23-11-18-14/h10-12H,2-9H2,1H3. The van der Waals surface area contributed by atoms with E-state index in [1.807, 2.05) is 4.90 Å². The van der Waals surface area contributed by atoms with Crippen LogP contribution in [0.3, 0.4) is 0 Å². The predicted octanol–water partition coefficient (Wildman–Crippen LogP) is 2.63. The second-order valence-corrected chi connectivity index (χ2v) is 6.51. The van der Waals surface area contributed by atoms with Gasteiger partial charge in [0.2, 0.25) is 5.91 Å². The summed E-state index contributed by atoms with van der Waals surface area (Å²) in [5.74, 6) is 0.564. The Balaban J connectivity index is 1.67. The Morgan fingerprint density at radius 1 is 1.43 bits per heavy atom. The molecule has 1 saturated carbocycles. The number of carbonyl (C=O) groups is 1. The van der Waals surface area contributed by atoms with Crippen molar-refractivity contribution in [1.82, 2.24) is 19.7 Å². The van der Waals surface area contributed by atoms with E-state index >= 15 is 0 Å². The number of hydrogen-bond donors (Lipinski definition) is 0. The normalized spacial score (nSPS) is 17.9. The van der Waals surface area contributed by atoms with Crippen LogP contribution in [0, 0.1) is 5.92 Å². The van der Waals surface area contributed by atoms with Crippen molar-refractivity contribution in [3.63, 3.8) is 0 Å². The van der Waals surface area contributed by atoms with Gasteiger partial charge in [0.05, 0.1) is 0 Å². The molecule has 0 unspecified atom stereocenters. The molecule has 6 nitrogen and oxygen atoms in total. The average molecular weight is 314 g/mol. The highest BCUT2D eigenvalue weighted by atomic mass is 16.3. The minimum Gasteiger partial charge on any atom is -0.451 e. The van der Waals surface area contributed by atoms with E-state index in [1.165, 1.54) is 18.5 Å². The Hall–Kier alpha value is -2.11. The van der Waals surface area contributed by atoms with E-state index in [4.69, 9.17) is 9.52 Å². The molecule has 1 amide bonds. The largest absolute Gasteiger partial charge is 0.451 e.